The van der Waals surface area contributed by atoms with E-state index in [0.717, 1.165) is 6.26 Å². The van der Waals surface area contributed by atoms with Gasteiger partial charge >= 0.3 is 0 Å². The van der Waals surface area contributed by atoms with Crippen molar-refractivity contribution in [2.75, 3.05) is 19.3 Å². The molecule has 1 fully saturated rings. The lowest BCUT2D eigenvalue weighted by Gasteiger charge is -2.29. The van der Waals surface area contributed by atoms with Gasteiger partial charge in [-0.25, -0.2) is 16.8 Å². The lowest BCUT2D eigenvalue weighted by molar-refractivity contribution is 0.320. The molecule has 0 bridgehead atoms. The molecular weight excluding hydrogens is 416 g/mol. The molecule has 126 valence electrons. The fourth-order valence-electron chi connectivity index (χ4n) is 2.17. The second kappa shape index (κ2) is 7.14. The summed E-state index contributed by atoms with van der Waals surface area (Å²) in [7, 11) is -7.20. The van der Waals surface area contributed by atoms with Crippen LogP contribution in [-0.2, 0) is 19.9 Å². The van der Waals surface area contributed by atoms with Crippen LogP contribution >= 0.6 is 28.3 Å². The minimum atomic E-state index is -3.73. The van der Waals surface area contributed by atoms with Gasteiger partial charge < -0.3 is 5.73 Å². The molecule has 10 heteroatoms. The number of nitrogens with zero attached hydrogens (tertiary/aromatic N) is 1. The van der Waals surface area contributed by atoms with Crippen LogP contribution in [0.1, 0.15) is 12.8 Å². The second-order valence-electron chi connectivity index (χ2n) is 5.11. The van der Waals surface area contributed by atoms with Crippen molar-refractivity contribution in [1.29, 1.82) is 0 Å². The van der Waals surface area contributed by atoms with Gasteiger partial charge in [-0.2, -0.15) is 4.31 Å². The first kappa shape index (κ1) is 19.9. The van der Waals surface area contributed by atoms with Crippen molar-refractivity contribution >= 4 is 48.2 Å². The average molecular weight is 434 g/mol. The first-order chi connectivity index (χ1) is 9.62. The molecule has 0 atom stereocenters. The van der Waals surface area contributed by atoms with Gasteiger partial charge in [0.25, 0.3) is 0 Å². The molecule has 6 nitrogen and oxygen atoms in total. The normalized spacial score (nSPS) is 18.0. The predicted octanol–water partition coefficient (Wildman–Crippen LogP) is 1.39. The average Bonchev–Trinajstić information content (AvgIpc) is 2.38. The highest BCUT2D eigenvalue weighted by Crippen LogP contribution is 2.29. The Hall–Kier alpha value is -0.190. The third-order valence-corrected chi connectivity index (χ3v) is 7.45. The number of hydrogen-bond donors (Lipinski definition) is 1. The Morgan fingerprint density at radius 2 is 1.73 bits per heavy atom. The molecule has 0 radical (unpaired) electrons. The van der Waals surface area contributed by atoms with Crippen LogP contribution in [0.3, 0.4) is 0 Å². The van der Waals surface area contributed by atoms with Crippen molar-refractivity contribution in [1.82, 2.24) is 4.31 Å². The summed E-state index contributed by atoms with van der Waals surface area (Å²) >= 11 is 3.19. The van der Waals surface area contributed by atoms with Crippen LogP contribution < -0.4 is 5.73 Å². The summed E-state index contributed by atoms with van der Waals surface area (Å²) < 4.78 is 50.2. The number of sulfone groups is 1. The SMILES string of the molecule is CS(=O)(=O)c1ccc(Br)c(S(=O)(=O)N2CCC(N)CC2)c1.Cl. The molecule has 1 aliphatic heterocycles. The summed E-state index contributed by atoms with van der Waals surface area (Å²) in [5, 5.41) is 0. The Balaban J connectivity index is 0.00000242. The molecular formula is C12H18BrClN2O4S2. The molecule has 0 spiro atoms. The third-order valence-electron chi connectivity index (χ3n) is 3.45. The van der Waals surface area contributed by atoms with Crippen molar-refractivity contribution in [2.24, 2.45) is 5.73 Å². The second-order valence-corrected chi connectivity index (χ2v) is 9.88. The molecule has 0 aliphatic carbocycles. The van der Waals surface area contributed by atoms with E-state index in [1.165, 1.54) is 22.5 Å². The highest BCUT2D eigenvalue weighted by atomic mass is 79.9. The predicted molar refractivity (Wildman–Crippen MR) is 90.5 cm³/mol. The van der Waals surface area contributed by atoms with Crippen LogP contribution in [0, 0.1) is 0 Å². The summed E-state index contributed by atoms with van der Waals surface area (Å²) in [5.74, 6) is 0. The van der Waals surface area contributed by atoms with E-state index in [9.17, 15) is 16.8 Å². The van der Waals surface area contributed by atoms with E-state index in [-0.39, 0.29) is 28.2 Å². The van der Waals surface area contributed by atoms with Crippen molar-refractivity contribution in [2.45, 2.75) is 28.7 Å². The molecule has 0 unspecified atom stereocenters. The van der Waals surface area contributed by atoms with E-state index in [0.29, 0.717) is 30.4 Å². The van der Waals surface area contributed by atoms with Gasteiger partial charge in [0, 0.05) is 29.9 Å². The van der Waals surface area contributed by atoms with Crippen LogP contribution in [-0.4, -0.2) is 46.5 Å². The van der Waals surface area contributed by atoms with Gasteiger partial charge in [0.1, 0.15) is 0 Å². The minimum absolute atomic E-state index is 0. The molecule has 22 heavy (non-hydrogen) atoms. The Bertz CT molecular complexity index is 744. The molecule has 1 saturated heterocycles. The quantitative estimate of drug-likeness (QED) is 0.777. The fourth-order valence-corrected chi connectivity index (χ4v) is 5.31. The van der Waals surface area contributed by atoms with Gasteiger partial charge in [-0.05, 0) is 47.0 Å². The third kappa shape index (κ3) is 4.21. The van der Waals surface area contributed by atoms with Gasteiger partial charge in [-0.1, -0.05) is 0 Å². The molecule has 1 aliphatic rings. The number of rotatable bonds is 3. The zero-order valence-electron chi connectivity index (χ0n) is 11.9. The molecule has 1 aromatic carbocycles. The molecule has 1 aromatic rings. The van der Waals surface area contributed by atoms with Crippen molar-refractivity contribution < 1.29 is 16.8 Å². The Kier molecular flexibility index (Phi) is 6.45. The lowest BCUT2D eigenvalue weighted by atomic mass is 10.1. The highest BCUT2D eigenvalue weighted by Gasteiger charge is 2.30. The zero-order chi connectivity index (χ0) is 15.8. The molecule has 0 saturated carbocycles. The lowest BCUT2D eigenvalue weighted by Crippen LogP contribution is -2.42. The van der Waals surface area contributed by atoms with E-state index in [4.69, 9.17) is 5.73 Å². The Morgan fingerprint density at radius 1 is 1.18 bits per heavy atom. The Labute approximate surface area is 145 Å². The van der Waals surface area contributed by atoms with E-state index in [2.05, 4.69) is 15.9 Å². The maximum atomic E-state index is 12.7. The summed E-state index contributed by atoms with van der Waals surface area (Å²) in [4.78, 5) is -0.0427. The van der Waals surface area contributed by atoms with Gasteiger partial charge in [0.2, 0.25) is 10.0 Å². The summed E-state index contributed by atoms with van der Waals surface area (Å²) in [6.45, 7) is 0.693. The summed E-state index contributed by atoms with van der Waals surface area (Å²) in [6, 6.07) is 4.04. The van der Waals surface area contributed by atoms with Gasteiger partial charge in [-0.3, -0.25) is 0 Å². The van der Waals surface area contributed by atoms with Gasteiger partial charge in [0.15, 0.2) is 9.84 Å². The van der Waals surface area contributed by atoms with Gasteiger partial charge in [-0.15, -0.1) is 12.4 Å². The summed E-state index contributed by atoms with van der Waals surface area (Å²) in [5.41, 5.74) is 5.78. The largest absolute Gasteiger partial charge is 0.328 e. The number of halogens is 2. The smallest absolute Gasteiger partial charge is 0.244 e. The fraction of sp³-hybridized carbons (Fsp3) is 0.500. The van der Waals surface area contributed by atoms with E-state index < -0.39 is 19.9 Å². The number of hydrogen-bond acceptors (Lipinski definition) is 5. The maximum Gasteiger partial charge on any atom is 0.244 e. The molecule has 2 N–H and O–H groups in total. The van der Waals surface area contributed by atoms with Crippen LogP contribution in [0.15, 0.2) is 32.5 Å². The number of nitrogens with two attached hydrogens (primary N) is 1. The molecule has 1 heterocycles. The number of sulfonamides is 1. The molecule has 2 rings (SSSR count). The number of benzene rings is 1. The van der Waals surface area contributed by atoms with Crippen LogP contribution in [0.25, 0.3) is 0 Å². The van der Waals surface area contributed by atoms with Crippen molar-refractivity contribution in [3.63, 3.8) is 0 Å². The summed E-state index contributed by atoms with van der Waals surface area (Å²) in [6.07, 6.45) is 2.25. The maximum absolute atomic E-state index is 12.7. The van der Waals surface area contributed by atoms with Crippen molar-refractivity contribution in [3.05, 3.63) is 22.7 Å². The molecule has 0 amide bonds. The standard InChI is InChI=1S/C12H17BrN2O4S2.ClH/c1-20(16,17)10-2-3-11(13)12(8-10)21(18,19)15-6-4-9(14)5-7-15;/h2-3,8-9H,4-7,14H2,1H3;1H. The first-order valence-corrected chi connectivity index (χ1v) is 10.5. The zero-order valence-corrected chi connectivity index (χ0v) is 15.9. The Morgan fingerprint density at radius 3 is 2.23 bits per heavy atom. The number of piperidine rings is 1. The first-order valence-electron chi connectivity index (χ1n) is 6.38. The van der Waals surface area contributed by atoms with E-state index >= 15 is 0 Å². The highest BCUT2D eigenvalue weighted by molar-refractivity contribution is 9.10. The van der Waals surface area contributed by atoms with Crippen molar-refractivity contribution in [3.8, 4) is 0 Å². The van der Waals surface area contributed by atoms with E-state index in [1.54, 1.807) is 0 Å². The van der Waals surface area contributed by atoms with E-state index in [1.807, 2.05) is 0 Å². The van der Waals surface area contributed by atoms with Gasteiger partial charge in [0.05, 0.1) is 9.79 Å². The topological polar surface area (TPSA) is 97.5 Å². The minimum Gasteiger partial charge on any atom is -0.328 e. The molecule has 0 aromatic heterocycles. The monoisotopic (exact) mass is 432 g/mol. The van der Waals surface area contributed by atoms with Crippen LogP contribution in [0.4, 0.5) is 0 Å². The van der Waals surface area contributed by atoms with Crippen LogP contribution in [0.2, 0.25) is 0 Å². The van der Waals surface area contributed by atoms with Crippen LogP contribution in [0.5, 0.6) is 0 Å².